The van der Waals surface area contributed by atoms with Gasteiger partial charge in [-0.15, -0.1) is 0 Å². The largest absolute Gasteiger partial charge is 0.481 e. The number of carbonyl (C=O) groups is 5. The summed E-state index contributed by atoms with van der Waals surface area (Å²) in [5.74, 6) is -5.86. The fourth-order valence-electron chi connectivity index (χ4n) is 2.02. The molecule has 160 valence electrons. The lowest BCUT2D eigenvalue weighted by Crippen LogP contribution is -2.59. The van der Waals surface area contributed by atoms with Gasteiger partial charge in [-0.05, 0) is 19.8 Å². The van der Waals surface area contributed by atoms with E-state index in [1.54, 1.807) is 13.8 Å². The number of nitrogens with two attached hydrogens (primary N) is 1. The predicted molar refractivity (Wildman–Crippen MR) is 95.8 cm³/mol. The Morgan fingerprint density at radius 2 is 1.39 bits per heavy atom. The summed E-state index contributed by atoms with van der Waals surface area (Å²) >= 11 is 0. The molecule has 12 heteroatoms. The molecule has 8 N–H and O–H groups in total. The van der Waals surface area contributed by atoms with E-state index in [4.69, 9.17) is 15.9 Å². The van der Waals surface area contributed by atoms with Crippen LogP contribution < -0.4 is 21.7 Å². The lowest BCUT2D eigenvalue weighted by Gasteiger charge is -2.26. The Morgan fingerprint density at radius 3 is 1.79 bits per heavy atom. The van der Waals surface area contributed by atoms with E-state index in [0.717, 1.165) is 0 Å². The van der Waals surface area contributed by atoms with Gasteiger partial charge in [0.25, 0.3) is 0 Å². The van der Waals surface area contributed by atoms with Gasteiger partial charge >= 0.3 is 11.9 Å². The van der Waals surface area contributed by atoms with Gasteiger partial charge in [-0.1, -0.05) is 13.8 Å². The highest BCUT2D eigenvalue weighted by Gasteiger charge is 2.32. The molecule has 0 bridgehead atoms. The van der Waals surface area contributed by atoms with Crippen LogP contribution in [0.25, 0.3) is 0 Å². The molecule has 0 aromatic heterocycles. The van der Waals surface area contributed by atoms with Crippen LogP contribution in [0.3, 0.4) is 0 Å². The lowest BCUT2D eigenvalue weighted by molar-refractivity contribution is -0.143. The molecule has 0 spiro atoms. The molecular formula is C16H28N4O8. The summed E-state index contributed by atoms with van der Waals surface area (Å²) in [4.78, 5) is 58.5. The highest BCUT2D eigenvalue weighted by Crippen LogP contribution is 2.05. The molecule has 0 rings (SSSR count). The van der Waals surface area contributed by atoms with E-state index in [-0.39, 0.29) is 0 Å². The second-order valence-corrected chi connectivity index (χ2v) is 6.72. The van der Waals surface area contributed by atoms with Gasteiger partial charge < -0.3 is 37.0 Å². The molecule has 12 nitrogen and oxygen atoms in total. The number of hydrogen-bond donors (Lipinski definition) is 7. The first-order valence-electron chi connectivity index (χ1n) is 8.57. The van der Waals surface area contributed by atoms with Crippen LogP contribution in [0.15, 0.2) is 0 Å². The number of carbonyl (C=O) groups excluding carboxylic acids is 3. The Morgan fingerprint density at radius 1 is 0.857 bits per heavy atom. The van der Waals surface area contributed by atoms with Crippen LogP contribution >= 0.6 is 0 Å². The fourth-order valence-corrected chi connectivity index (χ4v) is 2.02. The van der Waals surface area contributed by atoms with Crippen molar-refractivity contribution in [3.05, 3.63) is 0 Å². The molecule has 0 aromatic carbocycles. The third-order valence-electron chi connectivity index (χ3n) is 3.81. The molecule has 0 aromatic rings. The number of rotatable bonds is 11. The first-order chi connectivity index (χ1) is 12.8. The zero-order valence-electron chi connectivity index (χ0n) is 16.1. The minimum atomic E-state index is -1.56. The van der Waals surface area contributed by atoms with E-state index >= 15 is 0 Å². The second-order valence-electron chi connectivity index (χ2n) is 6.72. The van der Waals surface area contributed by atoms with Gasteiger partial charge in [0.1, 0.15) is 24.2 Å². The minimum absolute atomic E-state index is 0.461. The van der Waals surface area contributed by atoms with Crippen LogP contribution in [0.4, 0.5) is 0 Å². The predicted octanol–water partition coefficient (Wildman–Crippen LogP) is -2.62. The van der Waals surface area contributed by atoms with Crippen molar-refractivity contribution in [3.63, 3.8) is 0 Å². The van der Waals surface area contributed by atoms with Crippen molar-refractivity contribution in [1.82, 2.24) is 16.0 Å². The van der Waals surface area contributed by atoms with Crippen LogP contribution in [0.5, 0.6) is 0 Å². The zero-order valence-corrected chi connectivity index (χ0v) is 16.1. The summed E-state index contributed by atoms with van der Waals surface area (Å²) in [6.45, 7) is 5.66. The van der Waals surface area contributed by atoms with E-state index in [1.807, 2.05) is 0 Å². The highest BCUT2D eigenvalue weighted by molar-refractivity contribution is 5.95. The van der Waals surface area contributed by atoms with Crippen LogP contribution in [0, 0.1) is 5.92 Å². The monoisotopic (exact) mass is 404 g/mol. The van der Waals surface area contributed by atoms with E-state index in [1.165, 1.54) is 13.8 Å². The van der Waals surface area contributed by atoms with Crippen LogP contribution in [0.2, 0.25) is 0 Å². The number of carboxylic acids is 2. The average molecular weight is 404 g/mol. The standard InChI is InChI=1S/C16H28N4O8/c1-6(2)12(20-14(25)11(17)8(4)21)15(26)19-9(5-10(22)23)13(24)18-7(3)16(27)28/h6-9,11-12,21H,5,17H2,1-4H3,(H,18,24)(H,19,26)(H,20,25)(H,22,23)(H,27,28). The number of nitrogens with one attached hydrogen (secondary N) is 3. The van der Waals surface area contributed by atoms with Gasteiger partial charge in [0.15, 0.2) is 0 Å². The van der Waals surface area contributed by atoms with Gasteiger partial charge in [-0.3, -0.25) is 24.0 Å². The summed E-state index contributed by atoms with van der Waals surface area (Å²) in [6.07, 6.45) is -1.96. The van der Waals surface area contributed by atoms with E-state index in [9.17, 15) is 29.1 Å². The Kier molecular flexibility index (Phi) is 10.1. The molecule has 0 aliphatic carbocycles. The Hall–Kier alpha value is -2.73. The third kappa shape index (κ3) is 8.31. The van der Waals surface area contributed by atoms with Crippen molar-refractivity contribution >= 4 is 29.7 Å². The van der Waals surface area contributed by atoms with Crippen molar-refractivity contribution in [1.29, 1.82) is 0 Å². The van der Waals surface area contributed by atoms with Crippen molar-refractivity contribution < 1.29 is 39.3 Å². The molecule has 5 unspecified atom stereocenters. The molecule has 5 atom stereocenters. The molecular weight excluding hydrogens is 376 g/mol. The third-order valence-corrected chi connectivity index (χ3v) is 3.81. The average Bonchev–Trinajstić information content (AvgIpc) is 2.56. The van der Waals surface area contributed by atoms with E-state index in [0.29, 0.717) is 0 Å². The van der Waals surface area contributed by atoms with Crippen LogP contribution in [-0.2, 0) is 24.0 Å². The quantitative estimate of drug-likeness (QED) is 0.192. The smallest absolute Gasteiger partial charge is 0.325 e. The molecule has 28 heavy (non-hydrogen) atoms. The molecule has 0 fully saturated rings. The van der Waals surface area contributed by atoms with Gasteiger partial charge in [0.2, 0.25) is 17.7 Å². The van der Waals surface area contributed by atoms with Crippen molar-refractivity contribution in [3.8, 4) is 0 Å². The number of amides is 3. The highest BCUT2D eigenvalue weighted by atomic mass is 16.4. The molecule has 0 radical (unpaired) electrons. The zero-order chi connectivity index (χ0) is 22.2. The van der Waals surface area contributed by atoms with Crippen molar-refractivity contribution in [2.45, 2.75) is 64.4 Å². The number of hydrogen-bond acceptors (Lipinski definition) is 7. The van der Waals surface area contributed by atoms with Gasteiger partial charge in [-0.2, -0.15) is 0 Å². The topological polar surface area (TPSA) is 208 Å². The van der Waals surface area contributed by atoms with Crippen molar-refractivity contribution in [2.24, 2.45) is 11.7 Å². The Labute approximate surface area is 161 Å². The molecule has 0 heterocycles. The summed E-state index contributed by atoms with van der Waals surface area (Å²) in [5.41, 5.74) is 5.52. The maximum absolute atomic E-state index is 12.5. The molecule has 3 amide bonds. The number of aliphatic carboxylic acids is 2. The molecule has 0 aliphatic heterocycles. The minimum Gasteiger partial charge on any atom is -0.481 e. The SMILES string of the molecule is CC(NC(=O)C(CC(=O)O)NC(=O)C(NC(=O)C(N)C(C)O)C(C)C)C(=O)O. The number of aliphatic hydroxyl groups excluding tert-OH is 1. The summed E-state index contributed by atoms with van der Waals surface area (Å²) < 4.78 is 0. The first kappa shape index (κ1) is 25.3. The van der Waals surface area contributed by atoms with Crippen LogP contribution in [-0.4, -0.2) is 75.3 Å². The number of carboxylic acid groups (broad SMARTS) is 2. The Balaban J connectivity index is 5.32. The van der Waals surface area contributed by atoms with Gasteiger partial charge in [0.05, 0.1) is 12.5 Å². The summed E-state index contributed by atoms with van der Waals surface area (Å²) in [5, 5.41) is 33.8. The number of aliphatic hydroxyl groups is 1. The molecule has 0 saturated carbocycles. The van der Waals surface area contributed by atoms with Crippen LogP contribution in [0.1, 0.15) is 34.1 Å². The normalized spacial score (nSPS) is 16.2. The lowest BCUT2D eigenvalue weighted by atomic mass is 10.0. The summed E-state index contributed by atoms with van der Waals surface area (Å²) in [7, 11) is 0. The van der Waals surface area contributed by atoms with Crippen molar-refractivity contribution in [2.75, 3.05) is 0 Å². The maximum Gasteiger partial charge on any atom is 0.325 e. The van der Waals surface area contributed by atoms with E-state index in [2.05, 4.69) is 16.0 Å². The maximum atomic E-state index is 12.5. The Bertz CT molecular complexity index is 607. The summed E-state index contributed by atoms with van der Waals surface area (Å²) in [6, 6.07) is -5.32. The first-order valence-corrected chi connectivity index (χ1v) is 8.57. The van der Waals surface area contributed by atoms with Gasteiger partial charge in [0, 0.05) is 0 Å². The molecule has 0 aliphatic rings. The second kappa shape index (κ2) is 11.2. The fraction of sp³-hybridized carbons (Fsp3) is 0.688. The van der Waals surface area contributed by atoms with E-state index < -0.39 is 72.3 Å². The molecule has 0 saturated heterocycles. The van der Waals surface area contributed by atoms with Gasteiger partial charge in [-0.25, -0.2) is 0 Å².